The Hall–Kier alpha value is -3.89. The number of ether oxygens (including phenoxy) is 4. The second-order valence-corrected chi connectivity index (χ2v) is 15.6. The van der Waals surface area contributed by atoms with Gasteiger partial charge in [0.05, 0.1) is 30.4 Å². The summed E-state index contributed by atoms with van der Waals surface area (Å²) in [4.78, 5) is 28.9. The zero-order valence-electron chi connectivity index (χ0n) is 28.1. The number of carbonyl (C=O) groups is 2. The minimum absolute atomic E-state index is 0.0829. The number of likely N-dealkylation sites (N-methyl/N-ethyl adjacent to an activating group) is 1. The van der Waals surface area contributed by atoms with Crippen molar-refractivity contribution in [1.82, 2.24) is 9.21 Å². The molecule has 3 amide bonds. The Morgan fingerprint density at radius 2 is 1.78 bits per heavy atom. The molecule has 2 aromatic carbocycles. The van der Waals surface area contributed by atoms with Crippen LogP contribution in [0.25, 0.3) is 0 Å². The number of carbonyl (C=O) groups excluding carboxylic acids is 2. The third-order valence-electron chi connectivity index (χ3n) is 8.54. The van der Waals surface area contributed by atoms with Gasteiger partial charge in [-0.05, 0) is 74.9 Å². The van der Waals surface area contributed by atoms with E-state index in [1.54, 1.807) is 65.7 Å². The van der Waals surface area contributed by atoms with Gasteiger partial charge in [0.1, 0.15) is 9.96 Å². The molecule has 3 N–H and O–H groups in total. The molecule has 5 rings (SSSR count). The molecule has 0 radical (unpaired) electrons. The Morgan fingerprint density at radius 1 is 1.06 bits per heavy atom. The molecule has 0 unspecified atom stereocenters. The highest BCUT2D eigenvalue weighted by Gasteiger charge is 2.32. The van der Waals surface area contributed by atoms with Crippen molar-refractivity contribution in [1.29, 1.82) is 0 Å². The van der Waals surface area contributed by atoms with Gasteiger partial charge in [-0.1, -0.05) is 13.0 Å². The van der Waals surface area contributed by atoms with E-state index >= 15 is 0 Å². The lowest BCUT2D eigenvalue weighted by atomic mass is 10.0. The zero-order chi connectivity index (χ0) is 35.1. The second kappa shape index (κ2) is 16.2. The van der Waals surface area contributed by atoms with Gasteiger partial charge < -0.3 is 39.6 Å². The number of nitrogens with zero attached hydrogens (tertiary/aromatic N) is 2. The van der Waals surface area contributed by atoms with Gasteiger partial charge in [-0.15, -0.1) is 11.3 Å². The lowest BCUT2D eigenvalue weighted by Crippen LogP contribution is -2.48. The van der Waals surface area contributed by atoms with Gasteiger partial charge in [0.15, 0.2) is 11.5 Å². The number of urea groups is 1. The largest absolute Gasteiger partial charge is 0.490 e. The first kappa shape index (κ1) is 36.4. The molecule has 13 nitrogen and oxygen atoms in total. The van der Waals surface area contributed by atoms with Gasteiger partial charge in [-0.3, -0.25) is 4.79 Å². The first-order valence-corrected chi connectivity index (χ1v) is 18.6. The van der Waals surface area contributed by atoms with Crippen molar-refractivity contribution in [2.24, 2.45) is 5.92 Å². The van der Waals surface area contributed by atoms with Crippen LogP contribution in [-0.2, 0) is 14.8 Å². The van der Waals surface area contributed by atoms with Crippen LogP contribution in [0.4, 0.5) is 16.2 Å². The number of rotatable bonds is 8. The zero-order valence-corrected chi connectivity index (χ0v) is 29.7. The predicted molar refractivity (Wildman–Crippen MR) is 186 cm³/mol. The molecule has 1 aromatic heterocycles. The maximum atomic E-state index is 14.4. The van der Waals surface area contributed by atoms with E-state index < -0.39 is 34.1 Å². The number of nitrogens with one attached hydrogen (secondary N) is 2. The maximum absolute atomic E-state index is 14.4. The minimum atomic E-state index is -3.73. The van der Waals surface area contributed by atoms with Crippen LogP contribution >= 0.6 is 11.3 Å². The Morgan fingerprint density at radius 3 is 2.49 bits per heavy atom. The van der Waals surface area contributed by atoms with E-state index in [1.807, 2.05) is 13.8 Å². The van der Waals surface area contributed by atoms with Crippen molar-refractivity contribution >= 4 is 44.7 Å². The molecule has 0 spiro atoms. The van der Waals surface area contributed by atoms with Crippen molar-refractivity contribution in [2.45, 2.75) is 62.5 Å². The molecule has 4 atom stereocenters. The van der Waals surface area contributed by atoms with Crippen LogP contribution in [0.1, 0.15) is 50.4 Å². The smallest absolute Gasteiger partial charge is 0.323 e. The van der Waals surface area contributed by atoms with Crippen LogP contribution < -0.4 is 24.8 Å². The molecule has 2 aliphatic heterocycles. The molecule has 266 valence electrons. The summed E-state index contributed by atoms with van der Waals surface area (Å²) < 4.78 is 51.4. The summed E-state index contributed by atoms with van der Waals surface area (Å²) >= 11 is 1.15. The standard InChI is InChI=1S/C34H44N4O9S2/c1-22-18-38(23(2)20-39)33(40)27-16-25(35-34(41)36-26-11-13-29-30(17-26)46-21-45-29)10-12-28(27)47-24(3)8-5-6-14-44-31(22)19-37(4)49(42,43)32-9-7-15-48-32/h7,9-13,15-17,22-24,31,39H,5-6,8,14,18-21H2,1-4H3,(H2,35,36,41)/t22-,23+,24-,31+/m1/s1. The van der Waals surface area contributed by atoms with Gasteiger partial charge in [0, 0.05) is 50.1 Å². The van der Waals surface area contributed by atoms with Crippen LogP contribution in [0.2, 0.25) is 0 Å². The van der Waals surface area contributed by atoms with E-state index in [1.165, 1.54) is 11.4 Å². The number of benzene rings is 2. The molecule has 0 saturated heterocycles. The van der Waals surface area contributed by atoms with E-state index in [9.17, 15) is 23.1 Å². The molecule has 15 heteroatoms. The SMILES string of the molecule is C[C@@H]1CCCCO[C@@H](CN(C)S(=O)(=O)c2cccs2)[C@H](C)CN([C@@H](C)CO)C(=O)c2cc(NC(=O)Nc3ccc4c(c3)OCO4)ccc2O1. The highest BCUT2D eigenvalue weighted by molar-refractivity contribution is 7.91. The van der Waals surface area contributed by atoms with E-state index in [0.717, 1.165) is 24.2 Å². The molecule has 3 heterocycles. The lowest BCUT2D eigenvalue weighted by Gasteiger charge is -2.35. The lowest BCUT2D eigenvalue weighted by molar-refractivity contribution is -0.00832. The number of anilines is 2. The molecular formula is C34H44N4O9S2. The summed E-state index contributed by atoms with van der Waals surface area (Å²) in [5.74, 6) is 0.740. The topological polar surface area (TPSA) is 156 Å². The van der Waals surface area contributed by atoms with E-state index in [-0.39, 0.29) is 48.3 Å². The highest BCUT2D eigenvalue weighted by Crippen LogP contribution is 2.34. The molecular weight excluding hydrogens is 673 g/mol. The quantitative estimate of drug-likeness (QED) is 0.284. The van der Waals surface area contributed by atoms with E-state index in [2.05, 4.69) is 10.6 Å². The summed E-state index contributed by atoms with van der Waals surface area (Å²) in [5, 5.41) is 17.5. The number of thiophene rings is 1. The summed E-state index contributed by atoms with van der Waals surface area (Å²) in [6.45, 7) is 6.04. The van der Waals surface area contributed by atoms with Crippen LogP contribution in [0.15, 0.2) is 58.1 Å². The summed E-state index contributed by atoms with van der Waals surface area (Å²) in [6, 6.07) is 12.1. The maximum Gasteiger partial charge on any atom is 0.323 e. The van der Waals surface area contributed by atoms with Gasteiger partial charge >= 0.3 is 6.03 Å². The monoisotopic (exact) mass is 716 g/mol. The summed E-state index contributed by atoms with van der Waals surface area (Å²) in [6.07, 6.45) is 1.45. The van der Waals surface area contributed by atoms with Crippen molar-refractivity contribution in [3.05, 3.63) is 59.5 Å². The first-order chi connectivity index (χ1) is 23.5. The fraction of sp³-hybridized carbons (Fsp3) is 0.471. The molecule has 0 fully saturated rings. The Balaban J connectivity index is 1.39. The van der Waals surface area contributed by atoms with Gasteiger partial charge in [0.25, 0.3) is 15.9 Å². The van der Waals surface area contributed by atoms with Crippen LogP contribution in [0.5, 0.6) is 17.2 Å². The summed E-state index contributed by atoms with van der Waals surface area (Å²) in [7, 11) is -2.20. The number of hydrogen-bond donors (Lipinski definition) is 3. The molecule has 0 aliphatic carbocycles. The number of sulfonamides is 1. The Labute approximate surface area is 291 Å². The second-order valence-electron chi connectivity index (χ2n) is 12.4. The van der Waals surface area contributed by atoms with Gasteiger partial charge in [-0.25, -0.2) is 13.2 Å². The van der Waals surface area contributed by atoms with Crippen molar-refractivity contribution in [3.63, 3.8) is 0 Å². The first-order valence-electron chi connectivity index (χ1n) is 16.3. The van der Waals surface area contributed by atoms with Gasteiger partial charge in [-0.2, -0.15) is 4.31 Å². The fourth-order valence-electron chi connectivity index (χ4n) is 5.65. The number of aliphatic hydroxyl groups is 1. The van der Waals surface area contributed by atoms with Crippen LogP contribution in [0.3, 0.4) is 0 Å². The predicted octanol–water partition coefficient (Wildman–Crippen LogP) is 5.24. The molecule has 0 saturated carbocycles. The number of aliphatic hydroxyl groups excluding tert-OH is 1. The third-order valence-corrected chi connectivity index (χ3v) is 11.7. The van der Waals surface area contributed by atoms with Crippen molar-refractivity contribution in [2.75, 3.05) is 50.8 Å². The van der Waals surface area contributed by atoms with Crippen molar-refractivity contribution in [3.8, 4) is 17.2 Å². The summed E-state index contributed by atoms with van der Waals surface area (Å²) in [5.41, 5.74) is 1.07. The molecule has 3 aromatic rings. The van der Waals surface area contributed by atoms with E-state index in [4.69, 9.17) is 18.9 Å². The van der Waals surface area contributed by atoms with Crippen molar-refractivity contribution < 1.29 is 42.1 Å². The average Bonchev–Trinajstić information content (AvgIpc) is 3.79. The normalized spacial score (nSPS) is 21.0. The van der Waals surface area contributed by atoms with E-state index in [0.29, 0.717) is 41.7 Å². The number of amides is 3. The van der Waals surface area contributed by atoms with Crippen LogP contribution in [-0.4, -0.2) is 93.1 Å². The number of fused-ring (bicyclic) bond motifs is 2. The molecule has 0 bridgehead atoms. The van der Waals surface area contributed by atoms with Gasteiger partial charge in [0.2, 0.25) is 6.79 Å². The highest BCUT2D eigenvalue weighted by atomic mass is 32.2. The molecule has 2 aliphatic rings. The number of hydrogen-bond acceptors (Lipinski definition) is 10. The Kier molecular flexibility index (Phi) is 12.0. The average molecular weight is 717 g/mol. The third kappa shape index (κ3) is 9.02. The van der Waals surface area contributed by atoms with Crippen LogP contribution in [0, 0.1) is 5.92 Å². The Bertz CT molecular complexity index is 1700. The molecule has 49 heavy (non-hydrogen) atoms. The minimum Gasteiger partial charge on any atom is -0.490 e. The fourth-order valence-corrected chi connectivity index (χ4v) is 8.03.